The Hall–Kier alpha value is -0.0800. The second-order valence-corrected chi connectivity index (χ2v) is 8.15. The van der Waals surface area contributed by atoms with E-state index in [9.17, 15) is 0 Å². The summed E-state index contributed by atoms with van der Waals surface area (Å²) < 4.78 is 0. The average molecular weight is 264 g/mol. The fourth-order valence-corrected chi connectivity index (χ4v) is 4.44. The predicted molar refractivity (Wildman–Crippen MR) is 81.3 cm³/mol. The van der Waals surface area contributed by atoms with Gasteiger partial charge in [-0.15, -0.1) is 0 Å². The normalized spacial score (nSPS) is 30.0. The molecule has 0 bridgehead atoms. The minimum Gasteiger partial charge on any atom is -0.298 e. The van der Waals surface area contributed by atoms with Gasteiger partial charge in [0.2, 0.25) is 0 Å². The number of nitrogens with zero attached hydrogens (tertiary/aromatic N) is 2. The zero-order chi connectivity index (χ0) is 13.6. The first-order chi connectivity index (χ1) is 8.99. The first kappa shape index (κ1) is 13.9. The minimum atomic E-state index is 0.741. The summed E-state index contributed by atoms with van der Waals surface area (Å²) in [7, 11) is 0. The number of hydrogen-bond donors (Lipinski definition) is 0. The summed E-state index contributed by atoms with van der Waals surface area (Å²) in [5, 5.41) is 0. The van der Waals surface area contributed by atoms with Gasteiger partial charge in [-0.05, 0) is 69.9 Å². The molecule has 2 saturated heterocycles. The Morgan fingerprint density at radius 1 is 0.947 bits per heavy atom. The summed E-state index contributed by atoms with van der Waals surface area (Å²) in [6, 6.07) is 1.62. The lowest BCUT2D eigenvalue weighted by atomic mass is 9.55. The molecule has 2 heteroatoms. The van der Waals surface area contributed by atoms with Crippen LogP contribution in [0.1, 0.15) is 53.4 Å². The van der Waals surface area contributed by atoms with Crippen molar-refractivity contribution < 1.29 is 0 Å². The van der Waals surface area contributed by atoms with E-state index in [0.29, 0.717) is 0 Å². The fourth-order valence-electron chi connectivity index (χ4n) is 4.44. The lowest BCUT2D eigenvalue weighted by Crippen LogP contribution is -2.63. The van der Waals surface area contributed by atoms with Crippen molar-refractivity contribution in [1.29, 1.82) is 0 Å². The smallest absolute Gasteiger partial charge is 0.0350 e. The van der Waals surface area contributed by atoms with E-state index in [1.165, 1.54) is 51.9 Å². The molecule has 0 amide bonds. The van der Waals surface area contributed by atoms with Gasteiger partial charge in [0.25, 0.3) is 0 Å². The fraction of sp³-hybridized carbons (Fsp3) is 1.00. The Bertz CT molecular complexity index is 301. The number of piperidine rings is 1. The molecule has 0 N–H and O–H groups in total. The third-order valence-electron chi connectivity index (χ3n) is 6.33. The highest BCUT2D eigenvalue weighted by Crippen LogP contribution is 2.55. The van der Waals surface area contributed by atoms with Crippen molar-refractivity contribution in [2.75, 3.05) is 26.2 Å². The van der Waals surface area contributed by atoms with Crippen LogP contribution in [0.5, 0.6) is 0 Å². The van der Waals surface area contributed by atoms with E-state index in [0.717, 1.165) is 29.3 Å². The van der Waals surface area contributed by atoms with Gasteiger partial charge >= 0.3 is 0 Å². The molecule has 0 aromatic rings. The molecule has 0 radical (unpaired) electrons. The molecule has 1 spiro atoms. The highest BCUT2D eigenvalue weighted by atomic mass is 15.3. The van der Waals surface area contributed by atoms with Crippen LogP contribution in [0.3, 0.4) is 0 Å². The van der Waals surface area contributed by atoms with E-state index in [4.69, 9.17) is 0 Å². The zero-order valence-corrected chi connectivity index (χ0v) is 13.4. The van der Waals surface area contributed by atoms with E-state index >= 15 is 0 Å². The van der Waals surface area contributed by atoms with Crippen molar-refractivity contribution in [2.45, 2.75) is 65.5 Å². The molecule has 3 rings (SSSR count). The second-order valence-electron chi connectivity index (χ2n) is 8.15. The van der Waals surface area contributed by atoms with Crippen LogP contribution in [-0.4, -0.2) is 48.1 Å². The molecule has 0 unspecified atom stereocenters. The molecule has 2 nitrogen and oxygen atoms in total. The maximum atomic E-state index is 2.78. The van der Waals surface area contributed by atoms with Crippen molar-refractivity contribution in [3.63, 3.8) is 0 Å². The lowest BCUT2D eigenvalue weighted by Gasteiger charge is -2.56. The highest BCUT2D eigenvalue weighted by molar-refractivity contribution is 5.00. The molecule has 2 aliphatic heterocycles. The van der Waals surface area contributed by atoms with Gasteiger partial charge in [0.15, 0.2) is 0 Å². The Morgan fingerprint density at radius 3 is 2.00 bits per heavy atom. The molecule has 110 valence electrons. The number of hydrogen-bond acceptors (Lipinski definition) is 2. The van der Waals surface area contributed by atoms with Crippen LogP contribution in [0.15, 0.2) is 0 Å². The molecule has 3 aliphatic rings. The van der Waals surface area contributed by atoms with Gasteiger partial charge in [0.1, 0.15) is 0 Å². The van der Waals surface area contributed by atoms with Crippen molar-refractivity contribution in [1.82, 2.24) is 9.80 Å². The highest BCUT2D eigenvalue weighted by Gasteiger charge is 2.47. The van der Waals surface area contributed by atoms with Gasteiger partial charge in [-0.3, -0.25) is 9.80 Å². The summed E-state index contributed by atoms with van der Waals surface area (Å²) in [5.41, 5.74) is 0.771. The summed E-state index contributed by atoms with van der Waals surface area (Å²) in [5.74, 6) is 1.95. The van der Waals surface area contributed by atoms with Crippen molar-refractivity contribution in [2.24, 2.45) is 17.3 Å². The predicted octanol–water partition coefficient (Wildman–Crippen LogP) is 3.23. The standard InChI is InChI=1S/C17H32N2/c1-13(2)15-9-17(10-15)5-7-18(8-6-17)16-11-19(12-16)14(3)4/h13-16H,5-12H2,1-4H3. The molecular formula is C17H32N2. The van der Waals surface area contributed by atoms with Gasteiger partial charge in [-0.25, -0.2) is 0 Å². The van der Waals surface area contributed by atoms with Gasteiger partial charge in [-0.1, -0.05) is 13.8 Å². The van der Waals surface area contributed by atoms with Crippen LogP contribution in [0, 0.1) is 17.3 Å². The molecule has 3 fully saturated rings. The van der Waals surface area contributed by atoms with E-state index < -0.39 is 0 Å². The largest absolute Gasteiger partial charge is 0.298 e. The number of likely N-dealkylation sites (tertiary alicyclic amines) is 2. The van der Waals surface area contributed by atoms with Crippen LogP contribution < -0.4 is 0 Å². The summed E-state index contributed by atoms with van der Waals surface area (Å²) >= 11 is 0. The van der Waals surface area contributed by atoms with Gasteiger partial charge in [0.05, 0.1) is 0 Å². The summed E-state index contributed by atoms with van der Waals surface area (Å²) in [4.78, 5) is 5.39. The van der Waals surface area contributed by atoms with Crippen LogP contribution >= 0.6 is 0 Å². The Morgan fingerprint density at radius 2 is 1.53 bits per heavy atom. The molecule has 1 aliphatic carbocycles. The summed E-state index contributed by atoms with van der Waals surface area (Å²) in [6.07, 6.45) is 6.02. The topological polar surface area (TPSA) is 6.48 Å². The third-order valence-corrected chi connectivity index (χ3v) is 6.33. The summed E-state index contributed by atoms with van der Waals surface area (Å²) in [6.45, 7) is 14.8. The maximum Gasteiger partial charge on any atom is 0.0350 e. The van der Waals surface area contributed by atoms with Crippen LogP contribution in [0.25, 0.3) is 0 Å². The average Bonchev–Trinajstić information content (AvgIpc) is 2.24. The molecule has 0 atom stereocenters. The molecule has 1 saturated carbocycles. The molecule has 0 aromatic carbocycles. The molecule has 0 aromatic heterocycles. The zero-order valence-electron chi connectivity index (χ0n) is 13.4. The SMILES string of the molecule is CC(C)C1CC2(CCN(C3CN(C(C)C)C3)CC2)C1. The minimum absolute atomic E-state index is 0.741. The Labute approximate surface area is 119 Å². The van der Waals surface area contributed by atoms with E-state index in [-0.39, 0.29) is 0 Å². The van der Waals surface area contributed by atoms with Gasteiger partial charge < -0.3 is 0 Å². The van der Waals surface area contributed by atoms with Crippen molar-refractivity contribution in [3.8, 4) is 0 Å². The maximum absolute atomic E-state index is 2.78. The first-order valence-corrected chi connectivity index (χ1v) is 8.47. The van der Waals surface area contributed by atoms with E-state index in [1.807, 2.05) is 0 Å². The van der Waals surface area contributed by atoms with Crippen LogP contribution in [0.2, 0.25) is 0 Å². The quantitative estimate of drug-likeness (QED) is 0.772. The molecule has 19 heavy (non-hydrogen) atoms. The van der Waals surface area contributed by atoms with Crippen molar-refractivity contribution in [3.05, 3.63) is 0 Å². The van der Waals surface area contributed by atoms with Gasteiger partial charge in [-0.2, -0.15) is 0 Å². The van der Waals surface area contributed by atoms with Crippen LogP contribution in [0.4, 0.5) is 0 Å². The molecular weight excluding hydrogens is 232 g/mol. The third kappa shape index (κ3) is 2.58. The van der Waals surface area contributed by atoms with E-state index in [1.54, 1.807) is 0 Å². The van der Waals surface area contributed by atoms with Gasteiger partial charge in [0, 0.05) is 25.2 Å². The van der Waals surface area contributed by atoms with Crippen LogP contribution in [-0.2, 0) is 0 Å². The lowest BCUT2D eigenvalue weighted by molar-refractivity contribution is -0.0657. The molecule has 2 heterocycles. The Kier molecular flexibility index (Phi) is 3.68. The van der Waals surface area contributed by atoms with Crippen molar-refractivity contribution >= 4 is 0 Å². The Balaban J connectivity index is 1.42. The monoisotopic (exact) mass is 264 g/mol. The first-order valence-electron chi connectivity index (χ1n) is 8.47. The number of rotatable bonds is 3. The second kappa shape index (κ2) is 5.04. The van der Waals surface area contributed by atoms with E-state index in [2.05, 4.69) is 37.5 Å².